The van der Waals surface area contributed by atoms with Gasteiger partial charge in [-0.2, -0.15) is 10.5 Å². The van der Waals surface area contributed by atoms with Gasteiger partial charge in [0, 0.05) is 11.8 Å². The number of ether oxygens (including phenoxy) is 2. The van der Waals surface area contributed by atoms with Crippen molar-refractivity contribution in [3.05, 3.63) is 47.0 Å². The summed E-state index contributed by atoms with van der Waals surface area (Å²) in [6.07, 6.45) is 0. The molecule has 0 bridgehead atoms. The Hall–Kier alpha value is -3.32. The summed E-state index contributed by atoms with van der Waals surface area (Å²) in [5.74, 6) is -2.12. The standard InChI is InChI=1S/C19H17F2N3O2/c1-19(2,3)26-18-16(21)14(10-23)13(9-22)15(20)17(18)24-11-6-5-7-12(8-11)25-4/h5-8,24H,1-4H3. The van der Waals surface area contributed by atoms with Crippen LogP contribution in [0.2, 0.25) is 0 Å². The van der Waals surface area contributed by atoms with E-state index >= 15 is 0 Å². The Morgan fingerprint density at radius 1 is 1.04 bits per heavy atom. The molecule has 1 N–H and O–H groups in total. The van der Waals surface area contributed by atoms with Gasteiger partial charge in [0.15, 0.2) is 17.4 Å². The van der Waals surface area contributed by atoms with Crippen molar-refractivity contribution in [3.63, 3.8) is 0 Å². The van der Waals surface area contributed by atoms with E-state index in [1.807, 2.05) is 0 Å². The van der Waals surface area contributed by atoms with Gasteiger partial charge in [-0.1, -0.05) is 6.07 Å². The average molecular weight is 357 g/mol. The normalized spacial score (nSPS) is 10.6. The molecule has 2 aromatic rings. The minimum atomic E-state index is -1.09. The fourth-order valence-corrected chi connectivity index (χ4v) is 2.24. The van der Waals surface area contributed by atoms with E-state index in [0.29, 0.717) is 11.4 Å². The van der Waals surface area contributed by atoms with Crippen molar-refractivity contribution in [1.82, 2.24) is 0 Å². The van der Waals surface area contributed by atoms with E-state index in [9.17, 15) is 8.78 Å². The van der Waals surface area contributed by atoms with Crippen molar-refractivity contribution in [2.75, 3.05) is 12.4 Å². The predicted molar refractivity (Wildman–Crippen MR) is 92.4 cm³/mol. The summed E-state index contributed by atoms with van der Waals surface area (Å²) < 4.78 is 40.3. The van der Waals surface area contributed by atoms with E-state index in [-0.39, 0.29) is 5.69 Å². The number of nitrogens with one attached hydrogen (secondary N) is 1. The average Bonchev–Trinajstić information content (AvgIpc) is 2.59. The van der Waals surface area contributed by atoms with E-state index in [1.165, 1.54) is 19.2 Å². The number of hydrogen-bond acceptors (Lipinski definition) is 5. The highest BCUT2D eigenvalue weighted by molar-refractivity contribution is 5.73. The fourth-order valence-electron chi connectivity index (χ4n) is 2.24. The molecule has 0 radical (unpaired) electrons. The molecule has 0 amide bonds. The van der Waals surface area contributed by atoms with Crippen molar-refractivity contribution in [1.29, 1.82) is 10.5 Å². The third-order valence-corrected chi connectivity index (χ3v) is 3.31. The lowest BCUT2D eigenvalue weighted by Gasteiger charge is -2.25. The molecule has 7 heteroatoms. The van der Waals surface area contributed by atoms with Gasteiger partial charge in [0.1, 0.15) is 40.3 Å². The Labute approximate surface area is 150 Å². The van der Waals surface area contributed by atoms with E-state index in [1.54, 1.807) is 45.0 Å². The second kappa shape index (κ2) is 7.28. The largest absolute Gasteiger partial charge is 0.497 e. The molecule has 0 spiro atoms. The summed E-state index contributed by atoms with van der Waals surface area (Å²) in [4.78, 5) is 0. The van der Waals surface area contributed by atoms with Crippen LogP contribution in [0.4, 0.5) is 20.2 Å². The van der Waals surface area contributed by atoms with Crippen molar-refractivity contribution in [3.8, 4) is 23.6 Å². The number of nitriles is 2. The molecule has 0 fully saturated rings. The molecule has 2 rings (SSSR count). The Bertz CT molecular complexity index is 922. The molecule has 0 saturated heterocycles. The SMILES string of the molecule is COc1cccc(Nc2c(F)c(C#N)c(C#N)c(F)c2OC(C)(C)C)c1. The Morgan fingerprint density at radius 3 is 2.19 bits per heavy atom. The Kier molecular flexibility index (Phi) is 5.33. The van der Waals surface area contributed by atoms with Crippen LogP contribution >= 0.6 is 0 Å². The van der Waals surface area contributed by atoms with E-state index in [2.05, 4.69) is 5.32 Å². The highest BCUT2D eigenvalue weighted by Crippen LogP contribution is 2.39. The van der Waals surface area contributed by atoms with Gasteiger partial charge in [0.25, 0.3) is 0 Å². The van der Waals surface area contributed by atoms with Gasteiger partial charge < -0.3 is 14.8 Å². The molecule has 0 atom stereocenters. The molecule has 26 heavy (non-hydrogen) atoms. The van der Waals surface area contributed by atoms with Crippen LogP contribution in [-0.4, -0.2) is 12.7 Å². The van der Waals surface area contributed by atoms with Gasteiger partial charge in [-0.25, -0.2) is 8.78 Å². The van der Waals surface area contributed by atoms with Crippen LogP contribution in [0.15, 0.2) is 24.3 Å². The van der Waals surface area contributed by atoms with Crippen LogP contribution in [-0.2, 0) is 0 Å². The maximum atomic E-state index is 14.9. The zero-order chi connectivity index (χ0) is 19.5. The van der Waals surface area contributed by atoms with E-state index in [4.69, 9.17) is 20.0 Å². The number of methoxy groups -OCH3 is 1. The summed E-state index contributed by atoms with van der Waals surface area (Å²) in [5.41, 5.74) is -2.20. The lowest BCUT2D eigenvalue weighted by molar-refractivity contribution is 0.125. The second-order valence-corrected chi connectivity index (χ2v) is 6.38. The summed E-state index contributed by atoms with van der Waals surface area (Å²) in [5, 5.41) is 21.0. The molecule has 0 aliphatic rings. The van der Waals surface area contributed by atoms with Gasteiger partial charge in [-0.3, -0.25) is 0 Å². The van der Waals surface area contributed by atoms with Crippen molar-refractivity contribution < 1.29 is 18.3 Å². The lowest BCUT2D eigenvalue weighted by atomic mass is 10.0. The number of hydrogen-bond donors (Lipinski definition) is 1. The molecule has 2 aromatic carbocycles. The first-order valence-corrected chi connectivity index (χ1v) is 7.67. The summed E-state index contributed by atoms with van der Waals surface area (Å²) in [6.45, 7) is 4.97. The summed E-state index contributed by atoms with van der Waals surface area (Å²) in [7, 11) is 1.48. The van der Waals surface area contributed by atoms with Gasteiger partial charge in [-0.15, -0.1) is 0 Å². The smallest absolute Gasteiger partial charge is 0.186 e. The third-order valence-electron chi connectivity index (χ3n) is 3.31. The Morgan fingerprint density at radius 2 is 1.65 bits per heavy atom. The molecular weight excluding hydrogens is 340 g/mol. The number of benzene rings is 2. The summed E-state index contributed by atoms with van der Waals surface area (Å²) >= 11 is 0. The van der Waals surface area contributed by atoms with Gasteiger partial charge in [-0.05, 0) is 32.9 Å². The zero-order valence-corrected chi connectivity index (χ0v) is 14.8. The number of nitrogens with zero attached hydrogens (tertiary/aromatic N) is 2. The summed E-state index contributed by atoms with van der Waals surface area (Å²) in [6, 6.07) is 9.60. The second-order valence-electron chi connectivity index (χ2n) is 6.38. The highest BCUT2D eigenvalue weighted by atomic mass is 19.1. The molecule has 5 nitrogen and oxygen atoms in total. The molecule has 0 unspecified atom stereocenters. The predicted octanol–water partition coefficient (Wildman–Crippen LogP) is 4.64. The highest BCUT2D eigenvalue weighted by Gasteiger charge is 2.29. The number of halogens is 2. The van der Waals surface area contributed by atoms with Crippen LogP contribution < -0.4 is 14.8 Å². The van der Waals surface area contributed by atoms with Crippen LogP contribution in [0.25, 0.3) is 0 Å². The van der Waals surface area contributed by atoms with Crippen LogP contribution in [0.3, 0.4) is 0 Å². The molecule has 0 aromatic heterocycles. The molecule has 0 aliphatic heterocycles. The van der Waals surface area contributed by atoms with Crippen molar-refractivity contribution >= 4 is 11.4 Å². The molecule has 134 valence electrons. The Balaban J connectivity index is 2.71. The molecular formula is C19H17F2N3O2. The van der Waals surface area contributed by atoms with Crippen molar-refractivity contribution in [2.24, 2.45) is 0 Å². The quantitative estimate of drug-likeness (QED) is 0.862. The maximum absolute atomic E-state index is 14.9. The van der Waals surface area contributed by atoms with Gasteiger partial charge >= 0.3 is 0 Å². The van der Waals surface area contributed by atoms with Gasteiger partial charge in [0.2, 0.25) is 0 Å². The number of anilines is 2. The fraction of sp³-hybridized carbons (Fsp3) is 0.263. The van der Waals surface area contributed by atoms with E-state index in [0.717, 1.165) is 0 Å². The zero-order valence-electron chi connectivity index (χ0n) is 14.8. The number of rotatable bonds is 4. The van der Waals surface area contributed by atoms with Crippen molar-refractivity contribution in [2.45, 2.75) is 26.4 Å². The molecule has 0 heterocycles. The lowest BCUT2D eigenvalue weighted by Crippen LogP contribution is -2.25. The first-order chi connectivity index (χ1) is 12.2. The minimum Gasteiger partial charge on any atom is -0.497 e. The molecule has 0 aliphatic carbocycles. The molecule has 0 saturated carbocycles. The third kappa shape index (κ3) is 3.84. The van der Waals surface area contributed by atoms with Crippen LogP contribution in [0, 0.1) is 34.3 Å². The maximum Gasteiger partial charge on any atom is 0.186 e. The topological polar surface area (TPSA) is 78.1 Å². The first kappa shape index (κ1) is 19.0. The first-order valence-electron chi connectivity index (χ1n) is 7.67. The van der Waals surface area contributed by atoms with Crippen LogP contribution in [0.1, 0.15) is 31.9 Å². The van der Waals surface area contributed by atoms with E-state index < -0.39 is 34.1 Å². The monoisotopic (exact) mass is 357 g/mol. The van der Waals surface area contributed by atoms with Crippen LogP contribution in [0.5, 0.6) is 11.5 Å². The minimum absolute atomic E-state index is 0.360. The van der Waals surface area contributed by atoms with Gasteiger partial charge in [0.05, 0.1) is 7.11 Å².